The minimum absolute atomic E-state index is 0.488. The molecule has 0 saturated heterocycles. The molecule has 4 heterocycles. The molecular formula is C24H23N7O2S. The summed E-state index contributed by atoms with van der Waals surface area (Å²) in [5, 5.41) is 20.9. The molecule has 9 nitrogen and oxygen atoms in total. The number of fused-ring (bicyclic) bond motifs is 1. The Bertz CT molecular complexity index is 1360. The summed E-state index contributed by atoms with van der Waals surface area (Å²) < 4.78 is 7.21. The number of ether oxygens (including phenoxy) is 1. The molecule has 34 heavy (non-hydrogen) atoms. The summed E-state index contributed by atoms with van der Waals surface area (Å²) in [4.78, 5) is 15.3. The lowest BCUT2D eigenvalue weighted by atomic mass is 10.1. The molecule has 172 valence electrons. The Labute approximate surface area is 201 Å². The van der Waals surface area contributed by atoms with Gasteiger partial charge in [-0.15, -0.1) is 11.3 Å². The van der Waals surface area contributed by atoms with Gasteiger partial charge in [0, 0.05) is 48.7 Å². The van der Waals surface area contributed by atoms with Gasteiger partial charge in [-0.05, 0) is 37.5 Å². The maximum Gasteiger partial charge on any atom is 0.229 e. The van der Waals surface area contributed by atoms with Gasteiger partial charge in [-0.3, -0.25) is 0 Å². The largest absolute Gasteiger partial charge is 0.497 e. The van der Waals surface area contributed by atoms with E-state index >= 15 is 0 Å². The molecule has 0 spiro atoms. The molecule has 0 radical (unpaired) electrons. The molecule has 5 rings (SSSR count). The van der Waals surface area contributed by atoms with Gasteiger partial charge in [0.05, 0.1) is 7.11 Å². The van der Waals surface area contributed by atoms with Gasteiger partial charge in [-0.25, -0.2) is 14.6 Å². The predicted octanol–water partition coefficient (Wildman–Crippen LogP) is 3.68. The van der Waals surface area contributed by atoms with E-state index in [9.17, 15) is 5.11 Å². The second kappa shape index (κ2) is 9.13. The maximum absolute atomic E-state index is 10.7. The molecule has 0 aliphatic carbocycles. The number of rotatable bonds is 5. The van der Waals surface area contributed by atoms with Crippen LogP contribution in [0.2, 0.25) is 0 Å². The summed E-state index contributed by atoms with van der Waals surface area (Å²) in [5.74, 6) is 8.81. The summed E-state index contributed by atoms with van der Waals surface area (Å²) in [6, 6.07) is 11.4. The van der Waals surface area contributed by atoms with E-state index in [1.165, 1.54) is 11.3 Å². The maximum atomic E-state index is 10.7. The smallest absolute Gasteiger partial charge is 0.229 e. The van der Waals surface area contributed by atoms with Gasteiger partial charge in [0.2, 0.25) is 5.95 Å². The number of aryl methyl sites for hydroxylation is 1. The van der Waals surface area contributed by atoms with Crippen molar-refractivity contribution >= 4 is 34.6 Å². The van der Waals surface area contributed by atoms with E-state index in [0.717, 1.165) is 42.6 Å². The topological polar surface area (TPSA) is 101 Å². The first kappa shape index (κ1) is 21.9. The molecule has 0 saturated carbocycles. The molecule has 1 aromatic carbocycles. The molecule has 2 N–H and O–H groups in total. The number of nitrogens with zero attached hydrogens (tertiary/aromatic N) is 6. The van der Waals surface area contributed by atoms with Crippen LogP contribution >= 0.6 is 11.3 Å². The third kappa shape index (κ3) is 4.57. The molecule has 0 bridgehead atoms. The van der Waals surface area contributed by atoms with Gasteiger partial charge in [-0.1, -0.05) is 12.0 Å². The van der Waals surface area contributed by atoms with E-state index in [1.807, 2.05) is 46.5 Å². The second-order valence-corrected chi connectivity index (χ2v) is 8.77. The van der Waals surface area contributed by atoms with Gasteiger partial charge < -0.3 is 20.1 Å². The molecular weight excluding hydrogens is 450 g/mol. The van der Waals surface area contributed by atoms with Gasteiger partial charge >= 0.3 is 0 Å². The first-order valence-electron chi connectivity index (χ1n) is 10.8. The van der Waals surface area contributed by atoms with Crippen LogP contribution in [0.4, 0.5) is 23.3 Å². The van der Waals surface area contributed by atoms with Crippen molar-refractivity contribution in [2.45, 2.75) is 25.5 Å². The van der Waals surface area contributed by atoms with Crippen LogP contribution in [0.3, 0.4) is 0 Å². The number of hydrogen-bond acceptors (Lipinski definition) is 9. The van der Waals surface area contributed by atoms with Crippen LogP contribution in [-0.4, -0.2) is 43.5 Å². The molecule has 3 aromatic heterocycles. The molecule has 4 aromatic rings. The van der Waals surface area contributed by atoms with Gasteiger partial charge in [0.1, 0.15) is 28.1 Å². The van der Waals surface area contributed by atoms with Crippen LogP contribution in [0, 0.1) is 11.8 Å². The molecule has 1 aliphatic rings. The molecule has 1 unspecified atom stereocenters. The van der Waals surface area contributed by atoms with Crippen LogP contribution < -0.4 is 15.0 Å². The molecule has 1 atom stereocenters. The Morgan fingerprint density at radius 2 is 2.09 bits per heavy atom. The van der Waals surface area contributed by atoms with Gasteiger partial charge in [0.15, 0.2) is 5.60 Å². The minimum atomic E-state index is -1.33. The Morgan fingerprint density at radius 1 is 1.18 bits per heavy atom. The fourth-order valence-electron chi connectivity index (χ4n) is 3.67. The van der Waals surface area contributed by atoms with Crippen LogP contribution in [-0.2, 0) is 12.1 Å². The van der Waals surface area contributed by atoms with E-state index in [2.05, 4.69) is 37.1 Å². The van der Waals surface area contributed by atoms with E-state index in [0.29, 0.717) is 16.6 Å². The average molecular weight is 474 g/mol. The first-order valence-corrected chi connectivity index (χ1v) is 11.6. The number of methoxy groups -OCH3 is 1. The zero-order valence-corrected chi connectivity index (χ0v) is 19.6. The lowest BCUT2D eigenvalue weighted by molar-refractivity contribution is 0.122. The standard InChI is InChI=1S/C24H23N7O2S/c1-24(32,22-25-11-14-34-22)9-7-18-16-21-30(12-4-13-31(21)29-18)20-8-10-26-23(28-20)27-17-5-3-6-19(15-17)33-2/h3,5-6,8,10-11,14-16,32H,4,12-13H2,1-2H3,(H,26,27,28). The average Bonchev–Trinajstić information content (AvgIpc) is 3.53. The highest BCUT2D eigenvalue weighted by molar-refractivity contribution is 7.09. The van der Waals surface area contributed by atoms with Crippen molar-refractivity contribution in [2.75, 3.05) is 23.9 Å². The summed E-state index contributed by atoms with van der Waals surface area (Å²) in [6.07, 6.45) is 4.30. The number of benzene rings is 1. The van der Waals surface area contributed by atoms with E-state index in [1.54, 1.807) is 26.4 Å². The van der Waals surface area contributed by atoms with Crippen LogP contribution in [0.5, 0.6) is 5.75 Å². The highest BCUT2D eigenvalue weighted by Gasteiger charge is 2.24. The Hall–Kier alpha value is -3.94. The summed E-state index contributed by atoms with van der Waals surface area (Å²) in [7, 11) is 1.63. The SMILES string of the molecule is COc1cccc(Nc2nccc(N3CCCn4nc(C#CC(C)(O)c5nccs5)cc43)n2)c1. The van der Waals surface area contributed by atoms with Crippen LogP contribution in [0.1, 0.15) is 24.0 Å². The number of aliphatic hydroxyl groups is 1. The van der Waals surface area contributed by atoms with Crippen molar-refractivity contribution in [2.24, 2.45) is 0 Å². The summed E-state index contributed by atoms with van der Waals surface area (Å²) in [5.41, 5.74) is 0.0956. The Balaban J connectivity index is 1.40. The van der Waals surface area contributed by atoms with Gasteiger partial charge in [-0.2, -0.15) is 10.1 Å². The zero-order valence-electron chi connectivity index (χ0n) is 18.8. The van der Waals surface area contributed by atoms with Crippen molar-refractivity contribution in [3.8, 4) is 17.6 Å². The molecule has 1 aliphatic heterocycles. The third-order valence-electron chi connectivity index (χ3n) is 5.31. The third-order valence-corrected chi connectivity index (χ3v) is 6.30. The van der Waals surface area contributed by atoms with E-state index in [-0.39, 0.29) is 0 Å². The van der Waals surface area contributed by atoms with Gasteiger partial charge in [0.25, 0.3) is 0 Å². The number of nitrogens with one attached hydrogen (secondary N) is 1. The monoisotopic (exact) mass is 473 g/mol. The van der Waals surface area contributed by atoms with Crippen molar-refractivity contribution in [1.82, 2.24) is 24.7 Å². The van der Waals surface area contributed by atoms with E-state index in [4.69, 9.17) is 9.72 Å². The fourth-order valence-corrected chi connectivity index (χ4v) is 4.32. The molecule has 0 amide bonds. The minimum Gasteiger partial charge on any atom is -0.497 e. The fraction of sp³-hybridized carbons (Fsp3) is 0.250. The Kier molecular flexibility index (Phi) is 5.88. The Morgan fingerprint density at radius 3 is 2.91 bits per heavy atom. The summed E-state index contributed by atoms with van der Waals surface area (Å²) >= 11 is 1.37. The lowest BCUT2D eigenvalue weighted by Gasteiger charge is -2.28. The second-order valence-electron chi connectivity index (χ2n) is 7.87. The number of thiazole rings is 1. The highest BCUT2D eigenvalue weighted by Crippen LogP contribution is 2.30. The van der Waals surface area contributed by atoms with Crippen molar-refractivity contribution in [1.29, 1.82) is 0 Å². The quantitative estimate of drug-likeness (QED) is 0.424. The van der Waals surface area contributed by atoms with Crippen molar-refractivity contribution in [3.63, 3.8) is 0 Å². The van der Waals surface area contributed by atoms with E-state index < -0.39 is 5.60 Å². The number of anilines is 4. The summed E-state index contributed by atoms with van der Waals surface area (Å²) in [6.45, 7) is 3.22. The number of aromatic nitrogens is 5. The molecule has 0 fully saturated rings. The normalized spacial score (nSPS) is 14.5. The zero-order chi connectivity index (χ0) is 23.5. The number of hydrogen-bond donors (Lipinski definition) is 2. The van der Waals surface area contributed by atoms with Crippen LogP contribution in [0.15, 0.2) is 54.2 Å². The molecule has 10 heteroatoms. The lowest BCUT2D eigenvalue weighted by Crippen LogP contribution is -2.28. The van der Waals surface area contributed by atoms with Crippen molar-refractivity contribution in [3.05, 3.63) is 64.9 Å². The highest BCUT2D eigenvalue weighted by atomic mass is 32.1. The van der Waals surface area contributed by atoms with Crippen LogP contribution in [0.25, 0.3) is 0 Å². The predicted molar refractivity (Wildman–Crippen MR) is 131 cm³/mol. The first-order chi connectivity index (χ1) is 16.5. The van der Waals surface area contributed by atoms with Crippen molar-refractivity contribution < 1.29 is 9.84 Å².